The maximum Gasteiger partial charge on any atom is 0.324 e. The lowest BCUT2D eigenvalue weighted by Crippen LogP contribution is -2.31. The molecule has 0 saturated carbocycles. The summed E-state index contributed by atoms with van der Waals surface area (Å²) >= 11 is 0. The largest absolute Gasteiger partial charge is 0.331 e. The van der Waals surface area contributed by atoms with E-state index in [-0.39, 0.29) is 24.9 Å². The van der Waals surface area contributed by atoms with E-state index in [1.807, 2.05) is 42.0 Å². The van der Waals surface area contributed by atoms with Gasteiger partial charge in [0.05, 0.1) is 13.1 Å². The third-order valence-electron chi connectivity index (χ3n) is 5.02. The van der Waals surface area contributed by atoms with Crippen LogP contribution in [0.15, 0.2) is 60.9 Å². The SMILES string of the molecule is Cc1nccn1Cc1ccc(NC(=O)c2ccccc2CN2C(=O)CNC2=O)cc1. The summed E-state index contributed by atoms with van der Waals surface area (Å²) in [5.41, 5.74) is 2.78. The van der Waals surface area contributed by atoms with Crippen LogP contribution in [0.5, 0.6) is 0 Å². The Balaban J connectivity index is 1.46. The van der Waals surface area contributed by atoms with Gasteiger partial charge in [-0.15, -0.1) is 0 Å². The van der Waals surface area contributed by atoms with Crippen LogP contribution in [0.3, 0.4) is 0 Å². The van der Waals surface area contributed by atoms with Crippen LogP contribution < -0.4 is 10.6 Å². The number of carbonyl (C=O) groups is 3. The van der Waals surface area contributed by atoms with Gasteiger partial charge in [-0.2, -0.15) is 0 Å². The number of imidazole rings is 1. The highest BCUT2D eigenvalue weighted by Crippen LogP contribution is 2.17. The lowest BCUT2D eigenvalue weighted by atomic mass is 10.1. The third kappa shape index (κ3) is 4.07. The Hall–Kier alpha value is -3.94. The summed E-state index contributed by atoms with van der Waals surface area (Å²) in [6, 6.07) is 14.1. The first kappa shape index (κ1) is 19.4. The Bertz CT molecular complexity index is 1090. The zero-order valence-electron chi connectivity index (χ0n) is 16.5. The number of hydrogen-bond acceptors (Lipinski definition) is 4. The van der Waals surface area contributed by atoms with Crippen LogP contribution in [-0.4, -0.2) is 38.8 Å². The number of nitrogens with one attached hydrogen (secondary N) is 2. The van der Waals surface area contributed by atoms with Gasteiger partial charge in [0.15, 0.2) is 0 Å². The molecule has 1 saturated heterocycles. The Morgan fingerprint density at radius 3 is 2.53 bits per heavy atom. The highest BCUT2D eigenvalue weighted by Gasteiger charge is 2.29. The molecular weight excluding hydrogens is 382 g/mol. The van der Waals surface area contributed by atoms with E-state index in [1.165, 1.54) is 0 Å². The lowest BCUT2D eigenvalue weighted by molar-refractivity contribution is -0.125. The lowest BCUT2D eigenvalue weighted by Gasteiger charge is -2.15. The topological polar surface area (TPSA) is 96.3 Å². The smallest absolute Gasteiger partial charge is 0.324 e. The van der Waals surface area contributed by atoms with Crippen molar-refractivity contribution in [1.82, 2.24) is 19.8 Å². The second-order valence-electron chi connectivity index (χ2n) is 7.05. The van der Waals surface area contributed by atoms with Crippen molar-refractivity contribution in [3.8, 4) is 0 Å². The van der Waals surface area contributed by atoms with Crippen LogP contribution in [0.25, 0.3) is 0 Å². The summed E-state index contributed by atoms with van der Waals surface area (Å²) in [6.45, 7) is 2.69. The minimum atomic E-state index is -0.445. The molecule has 3 aromatic rings. The van der Waals surface area contributed by atoms with Gasteiger partial charge in [0.25, 0.3) is 5.91 Å². The van der Waals surface area contributed by atoms with Crippen LogP contribution in [0, 0.1) is 6.92 Å². The van der Waals surface area contributed by atoms with Gasteiger partial charge < -0.3 is 15.2 Å². The minimum Gasteiger partial charge on any atom is -0.331 e. The van der Waals surface area contributed by atoms with Gasteiger partial charge in [-0.05, 0) is 36.2 Å². The number of amides is 4. The number of imide groups is 1. The van der Waals surface area contributed by atoms with Crippen molar-refractivity contribution in [2.45, 2.75) is 20.0 Å². The summed E-state index contributed by atoms with van der Waals surface area (Å²) in [6.07, 6.45) is 3.69. The number of carbonyl (C=O) groups excluding carboxylic acids is 3. The molecule has 1 aliphatic heterocycles. The average molecular weight is 403 g/mol. The first-order valence-electron chi connectivity index (χ1n) is 9.55. The molecule has 1 aromatic heterocycles. The molecule has 0 unspecified atom stereocenters. The predicted molar refractivity (Wildman–Crippen MR) is 111 cm³/mol. The van der Waals surface area contributed by atoms with Crippen LogP contribution in [0.1, 0.15) is 27.3 Å². The first-order chi connectivity index (χ1) is 14.5. The van der Waals surface area contributed by atoms with Crippen LogP contribution in [0.2, 0.25) is 0 Å². The van der Waals surface area contributed by atoms with E-state index < -0.39 is 6.03 Å². The van der Waals surface area contributed by atoms with E-state index in [4.69, 9.17) is 0 Å². The van der Waals surface area contributed by atoms with Crippen LogP contribution in [0.4, 0.5) is 10.5 Å². The van der Waals surface area contributed by atoms with Crippen LogP contribution >= 0.6 is 0 Å². The third-order valence-corrected chi connectivity index (χ3v) is 5.02. The molecule has 4 rings (SSSR count). The van der Waals surface area contributed by atoms with Gasteiger partial charge in [-0.3, -0.25) is 14.5 Å². The fourth-order valence-corrected chi connectivity index (χ4v) is 3.32. The Morgan fingerprint density at radius 1 is 1.10 bits per heavy atom. The van der Waals surface area contributed by atoms with Crippen molar-refractivity contribution in [1.29, 1.82) is 0 Å². The standard InChI is InChI=1S/C22H21N5O3/c1-15-23-10-11-26(15)13-16-6-8-18(9-7-16)25-21(29)19-5-3-2-4-17(19)14-27-20(28)12-24-22(27)30/h2-11H,12-14H2,1H3,(H,24,30)(H,25,29). The van der Waals surface area contributed by atoms with E-state index in [2.05, 4.69) is 15.6 Å². The first-order valence-corrected chi connectivity index (χ1v) is 9.55. The molecule has 0 radical (unpaired) electrons. The molecule has 2 heterocycles. The van der Waals surface area contributed by atoms with Crippen molar-refractivity contribution in [3.63, 3.8) is 0 Å². The van der Waals surface area contributed by atoms with E-state index >= 15 is 0 Å². The van der Waals surface area contributed by atoms with E-state index in [1.54, 1.807) is 30.5 Å². The number of urea groups is 1. The van der Waals surface area contributed by atoms with Crippen molar-refractivity contribution < 1.29 is 14.4 Å². The zero-order chi connectivity index (χ0) is 21.1. The fraction of sp³-hybridized carbons (Fsp3) is 0.182. The molecule has 8 heteroatoms. The number of nitrogens with zero attached hydrogens (tertiary/aromatic N) is 3. The summed E-state index contributed by atoms with van der Waals surface area (Å²) in [7, 11) is 0. The van der Waals surface area contributed by atoms with Crippen molar-refractivity contribution in [2.24, 2.45) is 0 Å². The van der Waals surface area contributed by atoms with E-state index in [0.717, 1.165) is 16.3 Å². The molecule has 1 aliphatic rings. The zero-order valence-corrected chi connectivity index (χ0v) is 16.5. The van der Waals surface area contributed by atoms with Gasteiger partial charge in [0.1, 0.15) is 5.82 Å². The molecule has 0 aliphatic carbocycles. The second kappa shape index (κ2) is 8.20. The molecule has 30 heavy (non-hydrogen) atoms. The maximum absolute atomic E-state index is 12.8. The van der Waals surface area contributed by atoms with E-state index in [0.29, 0.717) is 23.4 Å². The molecule has 152 valence electrons. The number of hydrogen-bond donors (Lipinski definition) is 2. The van der Waals surface area contributed by atoms with Crippen molar-refractivity contribution in [2.75, 3.05) is 11.9 Å². The molecular formula is C22H21N5O3. The van der Waals surface area contributed by atoms with Crippen LogP contribution in [-0.2, 0) is 17.9 Å². The van der Waals surface area contributed by atoms with Gasteiger partial charge in [-0.25, -0.2) is 9.78 Å². The summed E-state index contributed by atoms with van der Waals surface area (Å²) in [5.74, 6) is 0.337. The second-order valence-corrected chi connectivity index (χ2v) is 7.05. The van der Waals surface area contributed by atoms with Gasteiger partial charge in [0.2, 0.25) is 5.91 Å². The van der Waals surface area contributed by atoms with E-state index in [9.17, 15) is 14.4 Å². The number of anilines is 1. The molecule has 0 bridgehead atoms. The Labute approximate surface area is 173 Å². The minimum absolute atomic E-state index is 0.0157. The summed E-state index contributed by atoms with van der Waals surface area (Å²) < 4.78 is 2.04. The molecule has 4 amide bonds. The van der Waals surface area contributed by atoms with Gasteiger partial charge in [0, 0.05) is 30.2 Å². The number of aryl methyl sites for hydroxylation is 1. The number of benzene rings is 2. The number of aromatic nitrogens is 2. The van der Waals surface area contributed by atoms with Crippen molar-refractivity contribution >= 4 is 23.5 Å². The quantitative estimate of drug-likeness (QED) is 0.618. The normalized spacial score (nSPS) is 13.4. The average Bonchev–Trinajstić information content (AvgIpc) is 3.29. The highest BCUT2D eigenvalue weighted by atomic mass is 16.2. The van der Waals surface area contributed by atoms with Crippen molar-refractivity contribution in [3.05, 3.63) is 83.4 Å². The fourth-order valence-electron chi connectivity index (χ4n) is 3.32. The summed E-state index contributed by atoms with van der Waals surface area (Å²) in [5, 5.41) is 5.37. The maximum atomic E-state index is 12.8. The highest BCUT2D eigenvalue weighted by molar-refractivity contribution is 6.06. The molecule has 0 atom stereocenters. The molecule has 0 spiro atoms. The molecule has 8 nitrogen and oxygen atoms in total. The van der Waals surface area contributed by atoms with Gasteiger partial charge in [-0.1, -0.05) is 30.3 Å². The Kier molecular flexibility index (Phi) is 5.30. The monoisotopic (exact) mass is 403 g/mol. The Morgan fingerprint density at radius 2 is 1.87 bits per heavy atom. The molecule has 2 N–H and O–H groups in total. The summed E-state index contributed by atoms with van der Waals surface area (Å²) in [4.78, 5) is 41.8. The molecule has 1 fully saturated rings. The molecule has 2 aromatic carbocycles. The van der Waals surface area contributed by atoms with Gasteiger partial charge >= 0.3 is 6.03 Å². The predicted octanol–water partition coefficient (Wildman–Crippen LogP) is 2.54. The number of rotatable bonds is 6.